The highest BCUT2D eigenvalue weighted by Crippen LogP contribution is 2.24. The molecule has 0 saturated carbocycles. The molecular weight excluding hydrogens is 478 g/mol. The Kier molecular flexibility index (Phi) is 6.53. The molecule has 186 valence electrons. The lowest BCUT2D eigenvalue weighted by molar-refractivity contribution is 0.253. The van der Waals surface area contributed by atoms with E-state index in [0.717, 1.165) is 0 Å². The van der Waals surface area contributed by atoms with Crippen molar-refractivity contribution in [2.24, 2.45) is 0 Å². The third-order valence-corrected chi connectivity index (χ3v) is 5.82. The first kappa shape index (κ1) is 24.0. The summed E-state index contributed by atoms with van der Waals surface area (Å²) in [5.41, 5.74) is 2.49. The molecule has 7 nitrogen and oxygen atoms in total. The van der Waals surface area contributed by atoms with Gasteiger partial charge in [0.25, 0.3) is 0 Å². The molecule has 2 heterocycles. The maximum absolute atomic E-state index is 13.9. The van der Waals surface area contributed by atoms with Gasteiger partial charge in [0.05, 0.1) is 34.2 Å². The molecule has 2 N–H and O–H groups in total. The lowest BCUT2D eigenvalue weighted by Crippen LogP contribution is -2.22. The van der Waals surface area contributed by atoms with Crippen molar-refractivity contribution in [2.45, 2.75) is 12.8 Å². The van der Waals surface area contributed by atoms with Crippen LogP contribution in [0, 0.1) is 11.6 Å². The third kappa shape index (κ3) is 4.72. The monoisotopic (exact) mass is 500 g/mol. The molecule has 2 aromatic heterocycles. The first-order valence-corrected chi connectivity index (χ1v) is 11.4. The van der Waals surface area contributed by atoms with Crippen LogP contribution in [0.3, 0.4) is 0 Å². The Morgan fingerprint density at radius 3 is 2.41 bits per heavy atom. The molecule has 9 heteroatoms. The highest BCUT2D eigenvalue weighted by atomic mass is 19.1. The summed E-state index contributed by atoms with van der Waals surface area (Å²) in [6.45, 7) is 3.28. The van der Waals surface area contributed by atoms with E-state index in [2.05, 4.69) is 16.9 Å². The summed E-state index contributed by atoms with van der Waals surface area (Å²) in [6, 6.07) is 19.1. The molecule has 1 unspecified atom stereocenters. The molecule has 37 heavy (non-hydrogen) atoms. The van der Waals surface area contributed by atoms with Crippen LogP contribution in [0.4, 0.5) is 14.5 Å². The van der Waals surface area contributed by atoms with E-state index < -0.39 is 17.9 Å². The molecule has 0 saturated heterocycles. The Bertz CT molecular complexity index is 1620. The lowest BCUT2D eigenvalue weighted by atomic mass is 10.2. The Hall–Kier alpha value is -4.76. The second kappa shape index (κ2) is 10.1. The van der Waals surface area contributed by atoms with E-state index in [0.29, 0.717) is 33.8 Å². The fourth-order valence-electron chi connectivity index (χ4n) is 4.03. The van der Waals surface area contributed by atoms with E-state index in [9.17, 15) is 18.7 Å². The Morgan fingerprint density at radius 1 is 0.973 bits per heavy atom. The molecule has 0 spiro atoms. The van der Waals surface area contributed by atoms with Gasteiger partial charge in [0.1, 0.15) is 30.2 Å². The van der Waals surface area contributed by atoms with Crippen LogP contribution in [-0.2, 0) is 6.61 Å². The van der Waals surface area contributed by atoms with Crippen LogP contribution in [0.25, 0.3) is 22.4 Å². The number of anilines is 1. The van der Waals surface area contributed by atoms with Gasteiger partial charge in [-0.25, -0.2) is 13.6 Å². The molecule has 0 aliphatic heterocycles. The number of aromatic nitrogens is 3. The van der Waals surface area contributed by atoms with Gasteiger partial charge in [-0.1, -0.05) is 18.7 Å². The molecule has 0 aliphatic carbocycles. The number of halogens is 2. The number of nitrogens with zero attached hydrogens (tertiary/aromatic N) is 3. The minimum Gasteiger partial charge on any atom is -0.489 e. The van der Waals surface area contributed by atoms with E-state index in [4.69, 9.17) is 4.74 Å². The average Bonchev–Trinajstić information content (AvgIpc) is 3.20. The number of imidazole rings is 1. The van der Waals surface area contributed by atoms with Crippen LogP contribution < -0.4 is 15.7 Å². The predicted octanol–water partition coefficient (Wildman–Crippen LogP) is 4.95. The largest absolute Gasteiger partial charge is 0.489 e. The maximum atomic E-state index is 13.9. The fourth-order valence-corrected chi connectivity index (χ4v) is 4.03. The molecule has 0 radical (unpaired) electrons. The van der Waals surface area contributed by atoms with Crippen molar-refractivity contribution >= 4 is 16.7 Å². The second-order valence-electron chi connectivity index (χ2n) is 8.18. The number of aliphatic hydroxyl groups excluding tert-OH is 1. The minimum atomic E-state index is -0.937. The van der Waals surface area contributed by atoms with Crippen molar-refractivity contribution in [2.75, 3.05) is 5.32 Å². The zero-order valence-corrected chi connectivity index (χ0v) is 19.5. The average molecular weight is 501 g/mol. The van der Waals surface area contributed by atoms with Gasteiger partial charge < -0.3 is 15.2 Å². The number of ether oxygens (including phenoxy) is 1. The zero-order valence-electron chi connectivity index (χ0n) is 19.5. The number of benzene rings is 3. The molecule has 0 fully saturated rings. The van der Waals surface area contributed by atoms with Crippen molar-refractivity contribution in [3.05, 3.63) is 126 Å². The zero-order chi connectivity index (χ0) is 25.9. The first-order chi connectivity index (χ1) is 18.0. The molecule has 0 aliphatic rings. The molecule has 5 aromatic rings. The van der Waals surface area contributed by atoms with Gasteiger partial charge in [0.2, 0.25) is 0 Å². The third-order valence-electron chi connectivity index (χ3n) is 5.82. The van der Waals surface area contributed by atoms with E-state index in [-0.39, 0.29) is 17.9 Å². The predicted molar refractivity (Wildman–Crippen MR) is 137 cm³/mol. The van der Waals surface area contributed by atoms with E-state index >= 15 is 0 Å². The minimum absolute atomic E-state index is 0.158. The lowest BCUT2D eigenvalue weighted by Gasteiger charge is -2.11. The molecular formula is C28H22F2N4O3. The normalized spacial score (nSPS) is 11.9. The van der Waals surface area contributed by atoms with Gasteiger partial charge in [-0.05, 0) is 66.7 Å². The molecule has 5 rings (SSSR count). The Morgan fingerprint density at radius 2 is 1.68 bits per heavy atom. The smallest absolute Gasteiger partial charge is 0.338 e. The Balaban J connectivity index is 1.49. The number of rotatable bonds is 8. The number of hydrogen-bond acceptors (Lipinski definition) is 5. The van der Waals surface area contributed by atoms with Crippen molar-refractivity contribution in [3.63, 3.8) is 0 Å². The fraction of sp³-hybridized carbons (Fsp3) is 0.0714. The van der Waals surface area contributed by atoms with Crippen LogP contribution in [0.1, 0.15) is 5.56 Å². The summed E-state index contributed by atoms with van der Waals surface area (Å²) in [5, 5.41) is 12.7. The van der Waals surface area contributed by atoms with Crippen molar-refractivity contribution < 1.29 is 18.6 Å². The van der Waals surface area contributed by atoms with E-state index in [1.807, 2.05) is 0 Å². The number of aliphatic hydroxyl groups is 1. The molecule has 0 amide bonds. The standard InChI is InChI=1S/C28H22F2N4O3/c1-2-27(35)32-18-5-3-6-20(15-18)34-25-13-14-31-16-26(25)33(28(34)36)19-9-11-21(12-10-19)37-17-22-23(29)7-4-8-24(22)30/h2-16,27,32,35H,1,17H2. The van der Waals surface area contributed by atoms with Gasteiger partial charge in [0, 0.05) is 11.9 Å². The summed E-state index contributed by atoms with van der Waals surface area (Å²) in [5.74, 6) is -0.968. The maximum Gasteiger partial charge on any atom is 0.338 e. The van der Waals surface area contributed by atoms with Crippen LogP contribution in [0.5, 0.6) is 5.75 Å². The number of fused-ring (bicyclic) bond motifs is 1. The number of pyridine rings is 1. The molecule has 3 aromatic carbocycles. The van der Waals surface area contributed by atoms with Crippen LogP contribution >= 0.6 is 0 Å². The Labute approximate surface area is 210 Å². The van der Waals surface area contributed by atoms with Crippen LogP contribution in [-0.4, -0.2) is 25.5 Å². The van der Waals surface area contributed by atoms with Gasteiger partial charge >= 0.3 is 5.69 Å². The van der Waals surface area contributed by atoms with E-state index in [1.54, 1.807) is 71.6 Å². The second-order valence-corrected chi connectivity index (χ2v) is 8.18. The quantitative estimate of drug-likeness (QED) is 0.233. The van der Waals surface area contributed by atoms with Crippen molar-refractivity contribution in [1.29, 1.82) is 0 Å². The van der Waals surface area contributed by atoms with Crippen LogP contribution in [0.2, 0.25) is 0 Å². The van der Waals surface area contributed by atoms with Crippen LogP contribution in [0.15, 0.2) is 103 Å². The van der Waals surface area contributed by atoms with Gasteiger partial charge in [-0.2, -0.15) is 0 Å². The highest BCUT2D eigenvalue weighted by molar-refractivity contribution is 5.79. The molecule has 0 bridgehead atoms. The number of nitrogens with one attached hydrogen (secondary N) is 1. The van der Waals surface area contributed by atoms with Gasteiger partial charge in [-0.15, -0.1) is 0 Å². The number of hydrogen-bond donors (Lipinski definition) is 2. The topological polar surface area (TPSA) is 81.3 Å². The highest BCUT2D eigenvalue weighted by Gasteiger charge is 2.17. The van der Waals surface area contributed by atoms with Gasteiger partial charge in [0.15, 0.2) is 0 Å². The summed E-state index contributed by atoms with van der Waals surface area (Å²) < 4.78 is 36.4. The summed E-state index contributed by atoms with van der Waals surface area (Å²) in [7, 11) is 0. The summed E-state index contributed by atoms with van der Waals surface area (Å²) >= 11 is 0. The van der Waals surface area contributed by atoms with Crippen molar-refractivity contribution in [3.8, 4) is 17.1 Å². The summed E-state index contributed by atoms with van der Waals surface area (Å²) in [4.78, 5) is 17.8. The van der Waals surface area contributed by atoms with Crippen molar-refractivity contribution in [1.82, 2.24) is 14.1 Å². The first-order valence-electron chi connectivity index (χ1n) is 11.4. The van der Waals surface area contributed by atoms with E-state index in [1.165, 1.54) is 28.8 Å². The summed E-state index contributed by atoms with van der Waals surface area (Å²) in [6.07, 6.45) is 3.62. The van der Waals surface area contributed by atoms with Gasteiger partial charge in [-0.3, -0.25) is 14.1 Å². The SMILES string of the molecule is C=CC(O)Nc1cccc(-n2c(=O)n(-c3ccc(OCc4c(F)cccc4F)cc3)c3cnccc32)c1. The molecule has 1 atom stereocenters.